The molecule has 0 atom stereocenters. The Balaban J connectivity index is 1.67. The molecule has 0 spiro atoms. The Morgan fingerprint density at radius 2 is 2.04 bits per heavy atom. The summed E-state index contributed by atoms with van der Waals surface area (Å²) in [6.07, 6.45) is 1.63. The van der Waals surface area contributed by atoms with Crippen molar-refractivity contribution in [2.75, 3.05) is 0 Å². The molecule has 0 amide bonds. The minimum absolute atomic E-state index is 0.339. The summed E-state index contributed by atoms with van der Waals surface area (Å²) < 4.78 is 12.9. The molecule has 4 aromatic rings. The topological polar surface area (TPSA) is 74.1 Å². The zero-order chi connectivity index (χ0) is 19.7. The Morgan fingerprint density at radius 3 is 2.79 bits per heavy atom. The smallest absolute Gasteiger partial charge is 0.336 e. The Kier molecular flexibility index (Phi) is 5.09. The first kappa shape index (κ1) is 18.6. The molecule has 3 aromatic heterocycles. The summed E-state index contributed by atoms with van der Waals surface area (Å²) in [7, 11) is 0. The van der Waals surface area contributed by atoms with Crippen LogP contribution in [-0.2, 0) is 12.3 Å². The molecule has 0 radical (unpaired) electrons. The van der Waals surface area contributed by atoms with Gasteiger partial charge in [-0.1, -0.05) is 37.7 Å². The fraction of sp³-hybridized carbons (Fsp3) is 0.286. The third-order valence-electron chi connectivity index (χ3n) is 4.35. The highest BCUT2D eigenvalue weighted by atomic mass is 32.2. The SMILES string of the molecule is Cc1ccc2c(CSc3nnc(-c4ccco4)n3CC(C)C)cc(=O)oc2c1. The van der Waals surface area contributed by atoms with Crippen molar-refractivity contribution in [3.63, 3.8) is 0 Å². The van der Waals surface area contributed by atoms with Crippen LogP contribution in [0.15, 0.2) is 61.4 Å². The number of aryl methyl sites for hydroxylation is 1. The van der Waals surface area contributed by atoms with E-state index in [1.807, 2.05) is 37.3 Å². The van der Waals surface area contributed by atoms with Gasteiger partial charge in [0.15, 0.2) is 16.7 Å². The van der Waals surface area contributed by atoms with Crippen LogP contribution in [0.4, 0.5) is 0 Å². The van der Waals surface area contributed by atoms with Gasteiger partial charge in [0.2, 0.25) is 0 Å². The summed E-state index contributed by atoms with van der Waals surface area (Å²) in [5.74, 6) is 2.44. The number of thioether (sulfide) groups is 1. The van der Waals surface area contributed by atoms with Crippen LogP contribution in [-0.4, -0.2) is 14.8 Å². The van der Waals surface area contributed by atoms with Gasteiger partial charge in [-0.05, 0) is 42.2 Å². The maximum absolute atomic E-state index is 12.0. The van der Waals surface area contributed by atoms with Crippen molar-refractivity contribution in [2.24, 2.45) is 5.92 Å². The van der Waals surface area contributed by atoms with Crippen LogP contribution < -0.4 is 5.63 Å². The second-order valence-corrected chi connectivity index (χ2v) is 8.11. The number of hydrogen-bond donors (Lipinski definition) is 0. The molecule has 0 aliphatic heterocycles. The molecule has 0 saturated heterocycles. The van der Waals surface area contributed by atoms with Gasteiger partial charge in [0.1, 0.15) is 5.58 Å². The van der Waals surface area contributed by atoms with Gasteiger partial charge in [0, 0.05) is 23.8 Å². The molecule has 3 heterocycles. The van der Waals surface area contributed by atoms with Crippen molar-refractivity contribution >= 4 is 22.7 Å². The Hall–Kier alpha value is -2.80. The molecule has 0 aliphatic carbocycles. The zero-order valence-corrected chi connectivity index (χ0v) is 16.8. The van der Waals surface area contributed by atoms with Crippen LogP contribution >= 0.6 is 11.8 Å². The average Bonchev–Trinajstić information content (AvgIpc) is 3.28. The average molecular weight is 395 g/mol. The molecule has 0 aliphatic rings. The molecule has 4 rings (SSSR count). The molecule has 7 heteroatoms. The summed E-state index contributed by atoms with van der Waals surface area (Å²) in [5.41, 5.74) is 2.26. The highest BCUT2D eigenvalue weighted by Crippen LogP contribution is 2.29. The van der Waals surface area contributed by atoms with Gasteiger partial charge in [-0.2, -0.15) is 0 Å². The summed E-state index contributed by atoms with van der Waals surface area (Å²) in [6.45, 7) is 7.06. The Bertz CT molecular complexity index is 1160. The maximum Gasteiger partial charge on any atom is 0.336 e. The van der Waals surface area contributed by atoms with E-state index in [-0.39, 0.29) is 5.63 Å². The summed E-state index contributed by atoms with van der Waals surface area (Å²) in [6, 6.07) is 11.2. The van der Waals surface area contributed by atoms with Crippen LogP contribution in [0.2, 0.25) is 0 Å². The molecule has 0 unspecified atom stereocenters. The van der Waals surface area contributed by atoms with Gasteiger partial charge in [-0.3, -0.25) is 4.57 Å². The first-order chi connectivity index (χ1) is 13.5. The molecule has 144 valence electrons. The van der Waals surface area contributed by atoms with Crippen molar-refractivity contribution in [2.45, 2.75) is 38.2 Å². The molecule has 0 saturated carbocycles. The Morgan fingerprint density at radius 1 is 1.18 bits per heavy atom. The van der Waals surface area contributed by atoms with Crippen LogP contribution in [0.5, 0.6) is 0 Å². The van der Waals surface area contributed by atoms with Gasteiger partial charge in [-0.15, -0.1) is 10.2 Å². The number of nitrogens with zero attached hydrogens (tertiary/aromatic N) is 3. The molecular weight excluding hydrogens is 374 g/mol. The minimum atomic E-state index is -0.339. The third kappa shape index (κ3) is 3.75. The number of furan rings is 1. The van der Waals surface area contributed by atoms with E-state index in [1.54, 1.807) is 24.1 Å². The highest BCUT2D eigenvalue weighted by molar-refractivity contribution is 7.98. The lowest BCUT2D eigenvalue weighted by Crippen LogP contribution is -2.08. The van der Waals surface area contributed by atoms with Crippen LogP contribution in [0.1, 0.15) is 25.0 Å². The normalized spacial score (nSPS) is 11.6. The molecular formula is C21H21N3O3S. The monoisotopic (exact) mass is 395 g/mol. The van der Waals surface area contributed by atoms with Crippen molar-refractivity contribution in [3.05, 3.63) is 64.2 Å². The van der Waals surface area contributed by atoms with Gasteiger partial charge < -0.3 is 8.83 Å². The number of aromatic nitrogens is 3. The van der Waals surface area contributed by atoms with Crippen molar-refractivity contribution in [1.29, 1.82) is 0 Å². The largest absolute Gasteiger partial charge is 0.461 e. The van der Waals surface area contributed by atoms with E-state index in [0.717, 1.165) is 28.2 Å². The Labute approximate surface area is 166 Å². The third-order valence-corrected chi connectivity index (χ3v) is 5.36. The van der Waals surface area contributed by atoms with Crippen LogP contribution in [0.3, 0.4) is 0 Å². The van der Waals surface area contributed by atoms with E-state index in [1.165, 1.54) is 0 Å². The second kappa shape index (κ2) is 7.67. The summed E-state index contributed by atoms with van der Waals surface area (Å²) in [4.78, 5) is 12.0. The standard InChI is InChI=1S/C21H21N3O3S/c1-13(2)11-24-20(17-5-4-8-26-17)22-23-21(24)28-12-15-10-19(25)27-18-9-14(3)6-7-16(15)18/h4-10,13H,11-12H2,1-3H3. The molecule has 0 bridgehead atoms. The lowest BCUT2D eigenvalue weighted by atomic mass is 10.1. The lowest BCUT2D eigenvalue weighted by Gasteiger charge is -2.12. The quantitative estimate of drug-likeness (QED) is 0.341. The minimum Gasteiger partial charge on any atom is -0.461 e. The van der Waals surface area contributed by atoms with Gasteiger partial charge in [0.25, 0.3) is 0 Å². The van der Waals surface area contributed by atoms with Crippen molar-refractivity contribution < 1.29 is 8.83 Å². The number of benzene rings is 1. The van der Waals surface area contributed by atoms with Crippen LogP contribution in [0, 0.1) is 12.8 Å². The number of fused-ring (bicyclic) bond motifs is 1. The summed E-state index contributed by atoms with van der Waals surface area (Å²) in [5, 5.41) is 10.4. The summed E-state index contributed by atoms with van der Waals surface area (Å²) >= 11 is 1.56. The fourth-order valence-corrected chi connectivity index (χ4v) is 4.05. The van der Waals surface area contributed by atoms with Gasteiger partial charge in [-0.25, -0.2) is 4.79 Å². The fourth-order valence-electron chi connectivity index (χ4n) is 3.11. The first-order valence-electron chi connectivity index (χ1n) is 9.14. The predicted molar refractivity (Wildman–Crippen MR) is 109 cm³/mol. The molecule has 0 fully saturated rings. The van der Waals surface area contributed by atoms with E-state index in [4.69, 9.17) is 8.83 Å². The second-order valence-electron chi connectivity index (χ2n) is 7.17. The predicted octanol–water partition coefficient (Wildman–Crippen LogP) is 4.90. The molecule has 6 nitrogen and oxygen atoms in total. The van der Waals surface area contributed by atoms with E-state index >= 15 is 0 Å². The van der Waals surface area contributed by atoms with Crippen molar-refractivity contribution in [3.8, 4) is 11.6 Å². The molecule has 1 aromatic carbocycles. The van der Waals surface area contributed by atoms with Crippen LogP contribution in [0.25, 0.3) is 22.6 Å². The van der Waals surface area contributed by atoms with Gasteiger partial charge in [0.05, 0.1) is 6.26 Å². The zero-order valence-electron chi connectivity index (χ0n) is 16.0. The first-order valence-corrected chi connectivity index (χ1v) is 10.1. The molecule has 28 heavy (non-hydrogen) atoms. The lowest BCUT2D eigenvalue weighted by molar-refractivity contribution is 0.489. The maximum atomic E-state index is 12.0. The van der Waals surface area contributed by atoms with E-state index < -0.39 is 0 Å². The highest BCUT2D eigenvalue weighted by Gasteiger charge is 2.18. The molecule has 0 N–H and O–H groups in total. The number of hydrogen-bond acceptors (Lipinski definition) is 6. The van der Waals surface area contributed by atoms with E-state index in [9.17, 15) is 4.79 Å². The number of rotatable bonds is 6. The van der Waals surface area contributed by atoms with Gasteiger partial charge >= 0.3 is 5.63 Å². The van der Waals surface area contributed by atoms with E-state index in [0.29, 0.717) is 28.8 Å². The van der Waals surface area contributed by atoms with Crippen molar-refractivity contribution in [1.82, 2.24) is 14.8 Å². The van der Waals surface area contributed by atoms with E-state index in [2.05, 4.69) is 28.6 Å².